The predicted molar refractivity (Wildman–Crippen MR) is 103 cm³/mol. The van der Waals surface area contributed by atoms with Crippen LogP contribution in [0.25, 0.3) is 0 Å². The largest absolute Gasteiger partial charge is 0.495 e. The Bertz CT molecular complexity index is 922. The number of carbonyl (C=O) groups is 1. The number of ether oxygens (including phenoxy) is 2. The molecule has 7 nitrogen and oxygen atoms in total. The van der Waals surface area contributed by atoms with E-state index in [1.165, 1.54) is 19.2 Å². The molecule has 0 bridgehead atoms. The molecule has 0 radical (unpaired) electrons. The number of hydrogen-bond donors (Lipinski definition) is 2. The van der Waals surface area contributed by atoms with Crippen LogP contribution in [-0.2, 0) is 14.8 Å². The third-order valence-electron chi connectivity index (χ3n) is 4.09. The number of sulfonamides is 1. The highest BCUT2D eigenvalue weighted by Crippen LogP contribution is 2.32. The highest BCUT2D eigenvalue weighted by molar-refractivity contribution is 7.92. The van der Waals surface area contributed by atoms with Crippen LogP contribution in [0.15, 0.2) is 47.4 Å². The van der Waals surface area contributed by atoms with Gasteiger partial charge in [0.1, 0.15) is 16.4 Å². The zero-order valence-electron chi connectivity index (χ0n) is 15.2. The van der Waals surface area contributed by atoms with Crippen molar-refractivity contribution in [2.24, 2.45) is 5.92 Å². The molecular weight excluding hydrogens is 368 g/mol. The second-order valence-corrected chi connectivity index (χ2v) is 7.84. The van der Waals surface area contributed by atoms with Gasteiger partial charge in [-0.3, -0.25) is 9.52 Å². The summed E-state index contributed by atoms with van der Waals surface area (Å²) >= 11 is 0. The highest BCUT2D eigenvalue weighted by Gasteiger charge is 2.30. The fourth-order valence-corrected chi connectivity index (χ4v) is 3.80. The van der Waals surface area contributed by atoms with Gasteiger partial charge < -0.3 is 14.8 Å². The quantitative estimate of drug-likeness (QED) is 0.722. The lowest BCUT2D eigenvalue weighted by molar-refractivity contribution is -0.117. The van der Waals surface area contributed by atoms with Crippen molar-refractivity contribution in [3.8, 4) is 11.5 Å². The molecule has 0 saturated heterocycles. The van der Waals surface area contributed by atoms with E-state index in [4.69, 9.17) is 9.47 Å². The summed E-state index contributed by atoms with van der Waals surface area (Å²) in [7, 11) is -2.51. The number of rotatable bonds is 8. The van der Waals surface area contributed by atoms with Gasteiger partial charge in [0.15, 0.2) is 0 Å². The number of anilines is 2. The van der Waals surface area contributed by atoms with Crippen LogP contribution in [0.2, 0.25) is 0 Å². The van der Waals surface area contributed by atoms with Crippen LogP contribution < -0.4 is 19.5 Å². The Hall–Kier alpha value is -2.74. The molecular formula is C19H22N2O5S. The SMILES string of the molecule is CCOc1ccc(NS(=O)(=O)c2cc(NC(=O)C3CC3)ccc2OC)cc1. The van der Waals surface area contributed by atoms with Crippen LogP contribution in [0.4, 0.5) is 11.4 Å². The van der Waals surface area contributed by atoms with E-state index in [0.29, 0.717) is 23.7 Å². The smallest absolute Gasteiger partial charge is 0.265 e. The van der Waals surface area contributed by atoms with Crippen molar-refractivity contribution in [3.63, 3.8) is 0 Å². The summed E-state index contributed by atoms with van der Waals surface area (Å²) in [5, 5.41) is 2.75. The van der Waals surface area contributed by atoms with Gasteiger partial charge in [-0.05, 0) is 62.2 Å². The Kier molecular flexibility index (Phi) is 5.55. The second kappa shape index (κ2) is 7.87. The average Bonchev–Trinajstić information content (AvgIpc) is 3.48. The molecule has 1 aliphatic carbocycles. The van der Waals surface area contributed by atoms with Gasteiger partial charge >= 0.3 is 0 Å². The standard InChI is InChI=1S/C19H22N2O5S/c1-3-26-16-9-6-14(7-10-16)21-27(23,24)18-12-15(8-11-17(18)25-2)20-19(22)13-4-5-13/h6-13,21H,3-5H2,1-2H3,(H,20,22). The second-order valence-electron chi connectivity index (χ2n) is 6.19. The zero-order chi connectivity index (χ0) is 19.4. The summed E-state index contributed by atoms with van der Waals surface area (Å²) in [6, 6.07) is 11.2. The molecule has 1 amide bonds. The first-order valence-electron chi connectivity index (χ1n) is 8.67. The van der Waals surface area contributed by atoms with Crippen molar-refractivity contribution >= 4 is 27.3 Å². The summed E-state index contributed by atoms with van der Waals surface area (Å²) in [5.74, 6) is 0.776. The number of amides is 1. The van der Waals surface area contributed by atoms with Crippen LogP contribution in [0.5, 0.6) is 11.5 Å². The molecule has 1 saturated carbocycles. The number of hydrogen-bond acceptors (Lipinski definition) is 5. The number of methoxy groups -OCH3 is 1. The van der Waals surface area contributed by atoms with E-state index in [9.17, 15) is 13.2 Å². The fraction of sp³-hybridized carbons (Fsp3) is 0.316. The van der Waals surface area contributed by atoms with E-state index in [-0.39, 0.29) is 22.5 Å². The van der Waals surface area contributed by atoms with Gasteiger partial charge in [0.2, 0.25) is 5.91 Å². The highest BCUT2D eigenvalue weighted by atomic mass is 32.2. The topological polar surface area (TPSA) is 93.7 Å². The van der Waals surface area contributed by atoms with Crippen molar-refractivity contribution in [2.45, 2.75) is 24.7 Å². The van der Waals surface area contributed by atoms with E-state index >= 15 is 0 Å². The van der Waals surface area contributed by atoms with E-state index in [0.717, 1.165) is 12.8 Å². The monoisotopic (exact) mass is 390 g/mol. The van der Waals surface area contributed by atoms with Crippen LogP contribution in [0.1, 0.15) is 19.8 Å². The van der Waals surface area contributed by atoms with Crippen molar-refractivity contribution in [1.82, 2.24) is 0 Å². The molecule has 2 aromatic carbocycles. The molecule has 0 heterocycles. The Balaban J connectivity index is 1.83. The molecule has 0 unspecified atom stereocenters. The van der Waals surface area contributed by atoms with Gasteiger partial charge in [-0.25, -0.2) is 8.42 Å². The van der Waals surface area contributed by atoms with Gasteiger partial charge in [0.05, 0.1) is 13.7 Å². The van der Waals surface area contributed by atoms with E-state index in [2.05, 4.69) is 10.0 Å². The molecule has 8 heteroatoms. The third-order valence-corrected chi connectivity index (χ3v) is 5.49. The van der Waals surface area contributed by atoms with Gasteiger partial charge in [-0.2, -0.15) is 0 Å². The normalized spacial score (nSPS) is 13.7. The molecule has 2 N–H and O–H groups in total. The van der Waals surface area contributed by atoms with Crippen LogP contribution >= 0.6 is 0 Å². The summed E-state index contributed by atoms with van der Waals surface area (Å²) < 4.78 is 38.7. The molecule has 0 atom stereocenters. The van der Waals surface area contributed by atoms with Crippen molar-refractivity contribution < 1.29 is 22.7 Å². The predicted octanol–water partition coefficient (Wildman–Crippen LogP) is 3.24. The third kappa shape index (κ3) is 4.71. The van der Waals surface area contributed by atoms with Gasteiger partial charge in [0.25, 0.3) is 10.0 Å². The van der Waals surface area contributed by atoms with Crippen molar-refractivity contribution in [2.75, 3.05) is 23.8 Å². The molecule has 144 valence electrons. The Labute approximate surface area is 158 Å². The first kappa shape index (κ1) is 19.0. The maximum Gasteiger partial charge on any atom is 0.265 e. The average molecular weight is 390 g/mol. The maximum absolute atomic E-state index is 12.8. The first-order chi connectivity index (χ1) is 12.9. The van der Waals surface area contributed by atoms with Crippen LogP contribution in [0.3, 0.4) is 0 Å². The van der Waals surface area contributed by atoms with E-state index in [1.807, 2.05) is 6.92 Å². The Morgan fingerprint density at radius 1 is 1.11 bits per heavy atom. The fourth-order valence-electron chi connectivity index (χ4n) is 2.55. The van der Waals surface area contributed by atoms with Crippen molar-refractivity contribution in [1.29, 1.82) is 0 Å². The molecule has 27 heavy (non-hydrogen) atoms. The summed E-state index contributed by atoms with van der Waals surface area (Å²) in [5.41, 5.74) is 0.813. The van der Waals surface area contributed by atoms with E-state index < -0.39 is 10.0 Å². The Morgan fingerprint density at radius 2 is 1.78 bits per heavy atom. The number of carbonyl (C=O) groups excluding carboxylic acids is 1. The minimum atomic E-state index is -3.91. The van der Waals surface area contributed by atoms with E-state index in [1.54, 1.807) is 30.3 Å². The summed E-state index contributed by atoms with van der Waals surface area (Å²) in [4.78, 5) is 11.9. The molecule has 2 aromatic rings. The molecule has 0 aromatic heterocycles. The molecule has 3 rings (SSSR count). The molecule has 1 aliphatic rings. The van der Waals surface area contributed by atoms with Crippen LogP contribution in [0, 0.1) is 5.92 Å². The number of benzene rings is 2. The number of nitrogens with one attached hydrogen (secondary N) is 2. The van der Waals surface area contributed by atoms with Crippen LogP contribution in [-0.4, -0.2) is 28.0 Å². The minimum absolute atomic E-state index is 0.0224. The van der Waals surface area contributed by atoms with Gasteiger partial charge in [-0.1, -0.05) is 0 Å². The summed E-state index contributed by atoms with van der Waals surface area (Å²) in [6.07, 6.45) is 1.74. The maximum atomic E-state index is 12.8. The minimum Gasteiger partial charge on any atom is -0.495 e. The van der Waals surface area contributed by atoms with Crippen molar-refractivity contribution in [3.05, 3.63) is 42.5 Å². The Morgan fingerprint density at radius 3 is 2.37 bits per heavy atom. The van der Waals surface area contributed by atoms with Gasteiger partial charge in [0, 0.05) is 17.3 Å². The molecule has 1 fully saturated rings. The first-order valence-corrected chi connectivity index (χ1v) is 10.2. The summed E-state index contributed by atoms with van der Waals surface area (Å²) in [6.45, 7) is 2.40. The lowest BCUT2D eigenvalue weighted by atomic mass is 10.3. The zero-order valence-corrected chi connectivity index (χ0v) is 16.0. The lowest BCUT2D eigenvalue weighted by Gasteiger charge is -2.14. The van der Waals surface area contributed by atoms with Gasteiger partial charge in [-0.15, -0.1) is 0 Å². The molecule has 0 spiro atoms. The molecule has 0 aliphatic heterocycles. The lowest BCUT2D eigenvalue weighted by Crippen LogP contribution is -2.16.